The van der Waals surface area contributed by atoms with Crippen LogP contribution in [0.4, 0.5) is 5.69 Å². The van der Waals surface area contributed by atoms with Gasteiger partial charge in [-0.1, -0.05) is 23.4 Å². The first-order chi connectivity index (χ1) is 6.24. The molecule has 0 aromatic carbocycles. The van der Waals surface area contributed by atoms with Crippen molar-refractivity contribution in [2.24, 2.45) is 0 Å². The molecule has 0 saturated heterocycles. The van der Waals surface area contributed by atoms with Crippen molar-refractivity contribution >= 4 is 29.9 Å². The molecular formula is C9H9ClN2S. The van der Waals surface area contributed by atoms with Crippen molar-refractivity contribution in [3.63, 3.8) is 0 Å². The molecule has 4 heteroatoms. The van der Waals surface area contributed by atoms with E-state index in [2.05, 4.69) is 29.5 Å². The Labute approximate surface area is 87.9 Å². The second kappa shape index (κ2) is 5.00. The maximum Gasteiger partial charge on any atom is 0.144 e. The fourth-order valence-corrected chi connectivity index (χ4v) is 1.03. The minimum Gasteiger partial charge on any atom is -0.397 e. The van der Waals surface area contributed by atoms with E-state index in [-0.39, 0.29) is 0 Å². The number of rotatable bonds is 1. The van der Waals surface area contributed by atoms with E-state index in [0.717, 1.165) is 12.2 Å². The molecule has 1 aromatic heterocycles. The zero-order chi connectivity index (χ0) is 9.68. The molecule has 13 heavy (non-hydrogen) atoms. The first-order valence-corrected chi connectivity index (χ1v) is 4.76. The van der Waals surface area contributed by atoms with E-state index in [9.17, 15) is 0 Å². The molecule has 2 N–H and O–H groups in total. The summed E-state index contributed by atoms with van der Waals surface area (Å²) in [7, 11) is 0. The van der Waals surface area contributed by atoms with Gasteiger partial charge in [0.25, 0.3) is 0 Å². The van der Waals surface area contributed by atoms with E-state index in [1.54, 1.807) is 6.07 Å². The van der Waals surface area contributed by atoms with E-state index < -0.39 is 0 Å². The molecule has 0 spiro atoms. The van der Waals surface area contributed by atoms with Crippen LogP contribution < -0.4 is 5.73 Å². The van der Waals surface area contributed by atoms with Crippen LogP contribution in [-0.2, 0) is 0 Å². The van der Waals surface area contributed by atoms with E-state index in [4.69, 9.17) is 17.3 Å². The molecule has 0 fully saturated rings. The van der Waals surface area contributed by atoms with Crippen LogP contribution in [0.25, 0.3) is 0 Å². The van der Waals surface area contributed by atoms with Gasteiger partial charge in [0.2, 0.25) is 0 Å². The van der Waals surface area contributed by atoms with Gasteiger partial charge in [-0.2, -0.15) is 12.6 Å². The molecule has 0 radical (unpaired) electrons. The second-order valence-corrected chi connectivity index (χ2v) is 3.19. The Morgan fingerprint density at radius 3 is 3.08 bits per heavy atom. The van der Waals surface area contributed by atoms with Crippen molar-refractivity contribution in [3.8, 4) is 11.8 Å². The molecule has 2 nitrogen and oxygen atoms in total. The molecule has 1 aromatic rings. The van der Waals surface area contributed by atoms with Crippen molar-refractivity contribution in [2.45, 2.75) is 6.42 Å². The number of anilines is 1. The number of hydrogen-bond donors (Lipinski definition) is 2. The van der Waals surface area contributed by atoms with Crippen LogP contribution in [0.15, 0.2) is 12.3 Å². The summed E-state index contributed by atoms with van der Waals surface area (Å²) in [6.45, 7) is 0. The third kappa shape index (κ3) is 3.17. The lowest BCUT2D eigenvalue weighted by Crippen LogP contribution is -1.89. The van der Waals surface area contributed by atoms with Crippen molar-refractivity contribution in [1.82, 2.24) is 4.98 Å². The molecule has 0 aliphatic carbocycles. The number of hydrogen-bond acceptors (Lipinski definition) is 3. The molecular weight excluding hydrogens is 204 g/mol. The van der Waals surface area contributed by atoms with Gasteiger partial charge in [-0.05, 0) is 6.07 Å². The fraction of sp³-hybridized carbons (Fsp3) is 0.222. The van der Waals surface area contributed by atoms with E-state index >= 15 is 0 Å². The predicted octanol–water partition coefficient (Wildman–Crippen LogP) is 1.99. The van der Waals surface area contributed by atoms with Gasteiger partial charge < -0.3 is 5.73 Å². The molecule has 0 bridgehead atoms. The zero-order valence-electron chi connectivity index (χ0n) is 6.92. The van der Waals surface area contributed by atoms with Gasteiger partial charge in [0.15, 0.2) is 0 Å². The van der Waals surface area contributed by atoms with E-state index in [1.165, 1.54) is 6.20 Å². The topological polar surface area (TPSA) is 38.9 Å². The van der Waals surface area contributed by atoms with Crippen LogP contribution in [0.3, 0.4) is 0 Å². The second-order valence-electron chi connectivity index (χ2n) is 2.38. The van der Waals surface area contributed by atoms with Crippen LogP contribution in [-0.4, -0.2) is 10.7 Å². The first kappa shape index (κ1) is 10.2. The summed E-state index contributed by atoms with van der Waals surface area (Å²) < 4.78 is 0. The minimum atomic E-state index is 0.390. The number of halogens is 1. The number of thiol groups is 1. The summed E-state index contributed by atoms with van der Waals surface area (Å²) in [5.41, 5.74) is 6.77. The SMILES string of the molecule is Nc1cnc(Cl)c(C#CCCS)c1. The number of nitrogens with zero attached hydrogens (tertiary/aromatic N) is 1. The Kier molecular flexibility index (Phi) is 3.94. The summed E-state index contributed by atoms with van der Waals surface area (Å²) in [6, 6.07) is 1.71. The molecule has 1 rings (SSSR count). The van der Waals surface area contributed by atoms with Crippen LogP contribution in [0.5, 0.6) is 0 Å². The Morgan fingerprint density at radius 2 is 2.38 bits per heavy atom. The van der Waals surface area contributed by atoms with Crippen molar-refractivity contribution < 1.29 is 0 Å². The monoisotopic (exact) mass is 212 g/mol. The zero-order valence-corrected chi connectivity index (χ0v) is 8.57. The van der Waals surface area contributed by atoms with E-state index in [1.807, 2.05) is 0 Å². The third-order valence-electron chi connectivity index (χ3n) is 1.32. The lowest BCUT2D eigenvalue weighted by atomic mass is 10.2. The van der Waals surface area contributed by atoms with Crippen LogP contribution in [0.2, 0.25) is 5.15 Å². The lowest BCUT2D eigenvalue weighted by molar-refractivity contribution is 1.30. The van der Waals surface area contributed by atoms with Gasteiger partial charge in [-0.25, -0.2) is 4.98 Å². The standard InChI is InChI=1S/C9H9ClN2S/c10-9-7(3-1-2-4-13)5-8(11)6-12-9/h5-6,13H,2,4,11H2. The van der Waals surface area contributed by atoms with Crippen LogP contribution in [0, 0.1) is 11.8 Å². The molecule has 1 heterocycles. The Bertz CT molecular complexity index is 354. The van der Waals surface area contributed by atoms with Gasteiger partial charge in [-0.3, -0.25) is 0 Å². The van der Waals surface area contributed by atoms with Gasteiger partial charge in [0.05, 0.1) is 17.4 Å². The number of pyridine rings is 1. The molecule has 0 amide bonds. The molecule has 0 atom stereocenters. The molecule has 0 saturated carbocycles. The van der Waals surface area contributed by atoms with Crippen molar-refractivity contribution in [1.29, 1.82) is 0 Å². The average molecular weight is 213 g/mol. The van der Waals surface area contributed by atoms with Gasteiger partial charge in [0.1, 0.15) is 5.15 Å². The normalized spacial score (nSPS) is 9.08. The van der Waals surface area contributed by atoms with Gasteiger partial charge in [0, 0.05) is 12.2 Å². The van der Waals surface area contributed by atoms with Crippen molar-refractivity contribution in [2.75, 3.05) is 11.5 Å². The summed E-state index contributed by atoms with van der Waals surface area (Å²) in [5.74, 6) is 6.53. The highest BCUT2D eigenvalue weighted by molar-refractivity contribution is 7.80. The summed E-state index contributed by atoms with van der Waals surface area (Å²) in [5, 5.41) is 0.390. The Balaban J connectivity index is 2.89. The predicted molar refractivity (Wildman–Crippen MR) is 59.0 cm³/mol. The summed E-state index contributed by atoms with van der Waals surface area (Å²) in [4.78, 5) is 3.88. The molecule has 68 valence electrons. The fourth-order valence-electron chi connectivity index (χ4n) is 0.766. The van der Waals surface area contributed by atoms with Gasteiger partial charge >= 0.3 is 0 Å². The van der Waals surface area contributed by atoms with Crippen LogP contribution in [0.1, 0.15) is 12.0 Å². The molecule has 0 aliphatic heterocycles. The summed E-state index contributed by atoms with van der Waals surface area (Å²) >= 11 is 9.82. The maximum absolute atomic E-state index is 5.79. The highest BCUT2D eigenvalue weighted by Gasteiger charge is 1.97. The average Bonchev–Trinajstić information content (AvgIpc) is 2.11. The van der Waals surface area contributed by atoms with Gasteiger partial charge in [-0.15, -0.1) is 0 Å². The number of aromatic nitrogens is 1. The molecule has 0 unspecified atom stereocenters. The largest absolute Gasteiger partial charge is 0.397 e. The number of nitrogens with two attached hydrogens (primary N) is 1. The van der Waals surface area contributed by atoms with Crippen LogP contribution >= 0.6 is 24.2 Å². The van der Waals surface area contributed by atoms with E-state index in [0.29, 0.717) is 16.4 Å². The minimum absolute atomic E-state index is 0.390. The Morgan fingerprint density at radius 1 is 1.62 bits per heavy atom. The highest BCUT2D eigenvalue weighted by Crippen LogP contribution is 2.13. The first-order valence-electron chi connectivity index (χ1n) is 3.75. The Hall–Kier alpha value is -0.850. The number of nitrogen functional groups attached to an aromatic ring is 1. The quantitative estimate of drug-likeness (QED) is 0.425. The third-order valence-corrected chi connectivity index (χ3v) is 1.84. The van der Waals surface area contributed by atoms with Crippen molar-refractivity contribution in [3.05, 3.63) is 23.0 Å². The lowest BCUT2D eigenvalue weighted by Gasteiger charge is -1.95. The summed E-state index contributed by atoms with van der Waals surface area (Å²) in [6.07, 6.45) is 2.24. The highest BCUT2D eigenvalue weighted by atomic mass is 35.5. The molecule has 0 aliphatic rings. The smallest absolute Gasteiger partial charge is 0.144 e. The maximum atomic E-state index is 5.79.